The maximum absolute atomic E-state index is 13.7. The summed E-state index contributed by atoms with van der Waals surface area (Å²) in [6.45, 7) is 4.04. The van der Waals surface area contributed by atoms with Crippen molar-refractivity contribution in [2.75, 3.05) is 6.61 Å². The van der Waals surface area contributed by atoms with Crippen molar-refractivity contribution in [3.05, 3.63) is 119 Å². The van der Waals surface area contributed by atoms with Crippen LogP contribution in [0.2, 0.25) is 0 Å². The third-order valence-electron chi connectivity index (χ3n) is 5.56. The van der Waals surface area contributed by atoms with E-state index in [0.717, 1.165) is 21.6 Å². The average molecular weight is 487 g/mol. The highest BCUT2D eigenvalue weighted by Crippen LogP contribution is 2.36. The SMILES string of the molecule is CCOC(=O)C1=C(c2ccccc2)N=c2s/c(=C/c3ccc(C)cc3)c(=O)n2[C@H]1c1cccs1. The van der Waals surface area contributed by atoms with Gasteiger partial charge in [-0.1, -0.05) is 77.6 Å². The fraction of sp³-hybridized carbons (Fsp3) is 0.148. The Kier molecular flexibility index (Phi) is 6.13. The van der Waals surface area contributed by atoms with Crippen LogP contribution in [0.5, 0.6) is 0 Å². The summed E-state index contributed by atoms with van der Waals surface area (Å²) in [6, 6.07) is 20.9. The van der Waals surface area contributed by atoms with Crippen molar-refractivity contribution in [1.29, 1.82) is 0 Å². The molecule has 0 amide bonds. The van der Waals surface area contributed by atoms with Gasteiger partial charge >= 0.3 is 5.97 Å². The van der Waals surface area contributed by atoms with Crippen molar-refractivity contribution in [2.24, 2.45) is 4.99 Å². The minimum atomic E-state index is -0.606. The van der Waals surface area contributed by atoms with Crippen molar-refractivity contribution in [2.45, 2.75) is 19.9 Å². The summed E-state index contributed by atoms with van der Waals surface area (Å²) >= 11 is 2.84. The van der Waals surface area contributed by atoms with Gasteiger partial charge in [0.25, 0.3) is 5.56 Å². The van der Waals surface area contributed by atoms with Crippen molar-refractivity contribution in [3.63, 3.8) is 0 Å². The Labute approximate surface area is 204 Å². The minimum absolute atomic E-state index is 0.170. The second-order valence-corrected chi connectivity index (χ2v) is 9.85. The molecule has 7 heteroatoms. The van der Waals surface area contributed by atoms with E-state index in [0.29, 0.717) is 20.6 Å². The summed E-state index contributed by atoms with van der Waals surface area (Å²) in [5.41, 5.74) is 3.66. The quantitative estimate of drug-likeness (QED) is 0.395. The Balaban J connectivity index is 1.81. The highest BCUT2D eigenvalue weighted by Gasteiger charge is 2.35. The van der Waals surface area contributed by atoms with E-state index < -0.39 is 12.0 Å². The standard InChI is InChI=1S/C27H22N2O3S2/c1-3-32-26(31)22-23(19-8-5-4-6-9-19)28-27-29(24(22)20-10-7-15-33-20)25(30)21(34-27)16-18-13-11-17(2)12-14-18/h4-16,24H,3H2,1-2H3/b21-16+/t24-/m0/s1. The van der Waals surface area contributed by atoms with Crippen LogP contribution in [0, 0.1) is 6.92 Å². The monoisotopic (exact) mass is 486 g/mol. The van der Waals surface area contributed by atoms with Gasteiger partial charge in [0.2, 0.25) is 0 Å². The molecule has 4 aromatic rings. The van der Waals surface area contributed by atoms with Crippen molar-refractivity contribution >= 4 is 40.4 Å². The number of nitrogens with zero attached hydrogens (tertiary/aromatic N) is 2. The van der Waals surface area contributed by atoms with Crippen LogP contribution in [0.4, 0.5) is 0 Å². The van der Waals surface area contributed by atoms with Gasteiger partial charge < -0.3 is 4.74 Å². The molecule has 0 bridgehead atoms. The number of thiazole rings is 1. The van der Waals surface area contributed by atoms with Gasteiger partial charge in [0.1, 0.15) is 6.04 Å². The second kappa shape index (κ2) is 9.37. The topological polar surface area (TPSA) is 60.7 Å². The van der Waals surface area contributed by atoms with Crippen molar-refractivity contribution < 1.29 is 9.53 Å². The lowest BCUT2D eigenvalue weighted by molar-refractivity contribution is -0.138. The van der Waals surface area contributed by atoms with Gasteiger partial charge in [-0.3, -0.25) is 9.36 Å². The van der Waals surface area contributed by atoms with Crippen LogP contribution in [-0.2, 0) is 9.53 Å². The largest absolute Gasteiger partial charge is 0.463 e. The zero-order chi connectivity index (χ0) is 23.7. The highest BCUT2D eigenvalue weighted by atomic mass is 32.1. The molecule has 170 valence electrons. The smallest absolute Gasteiger partial charge is 0.338 e. The van der Waals surface area contributed by atoms with Gasteiger partial charge in [-0.15, -0.1) is 11.3 Å². The number of benzene rings is 2. The Bertz CT molecular complexity index is 1540. The highest BCUT2D eigenvalue weighted by molar-refractivity contribution is 7.10. The molecule has 0 radical (unpaired) electrons. The normalized spacial score (nSPS) is 15.7. The number of rotatable bonds is 5. The molecule has 0 N–H and O–H groups in total. The summed E-state index contributed by atoms with van der Waals surface area (Å²) in [6.07, 6.45) is 1.88. The lowest BCUT2D eigenvalue weighted by Gasteiger charge is -2.24. The van der Waals surface area contributed by atoms with Crippen molar-refractivity contribution in [3.8, 4) is 0 Å². The van der Waals surface area contributed by atoms with Gasteiger partial charge in [0.15, 0.2) is 4.80 Å². The third-order valence-corrected chi connectivity index (χ3v) is 7.47. The minimum Gasteiger partial charge on any atom is -0.463 e. The second-order valence-electron chi connectivity index (χ2n) is 7.86. The van der Waals surface area contributed by atoms with Crippen LogP contribution in [0.1, 0.15) is 34.5 Å². The molecule has 0 unspecified atom stereocenters. The zero-order valence-electron chi connectivity index (χ0n) is 18.7. The molecule has 5 rings (SSSR count). The summed E-state index contributed by atoms with van der Waals surface area (Å²) in [7, 11) is 0. The number of fused-ring (bicyclic) bond motifs is 1. The molecule has 2 aromatic heterocycles. The Morgan fingerprint density at radius 3 is 2.53 bits per heavy atom. The van der Waals surface area contributed by atoms with Crippen LogP contribution < -0.4 is 14.9 Å². The number of aromatic nitrogens is 1. The molecule has 34 heavy (non-hydrogen) atoms. The molecule has 0 saturated carbocycles. The van der Waals surface area contributed by atoms with Gasteiger partial charge in [-0.25, -0.2) is 9.79 Å². The number of ether oxygens (including phenoxy) is 1. The van der Waals surface area contributed by atoms with Crippen LogP contribution in [-0.4, -0.2) is 17.1 Å². The van der Waals surface area contributed by atoms with Gasteiger partial charge in [0, 0.05) is 10.4 Å². The predicted octanol–water partition coefficient (Wildman–Crippen LogP) is 4.31. The van der Waals surface area contributed by atoms with E-state index in [1.165, 1.54) is 22.7 Å². The van der Waals surface area contributed by atoms with Crippen LogP contribution in [0.15, 0.2) is 87.5 Å². The molecule has 3 heterocycles. The Morgan fingerprint density at radius 1 is 1.09 bits per heavy atom. The maximum Gasteiger partial charge on any atom is 0.338 e. The Morgan fingerprint density at radius 2 is 1.85 bits per heavy atom. The first-order chi connectivity index (χ1) is 16.6. The molecular weight excluding hydrogens is 464 g/mol. The fourth-order valence-electron chi connectivity index (χ4n) is 3.97. The lowest BCUT2D eigenvalue weighted by Crippen LogP contribution is -2.39. The molecule has 1 aliphatic heterocycles. The van der Waals surface area contributed by atoms with E-state index >= 15 is 0 Å². The number of hydrogen-bond donors (Lipinski definition) is 0. The molecule has 1 aliphatic rings. The van der Waals surface area contributed by atoms with E-state index in [1.807, 2.05) is 85.1 Å². The van der Waals surface area contributed by atoms with E-state index in [9.17, 15) is 9.59 Å². The number of thiophene rings is 1. The first-order valence-corrected chi connectivity index (χ1v) is 12.6. The van der Waals surface area contributed by atoms with Crippen LogP contribution in [0.25, 0.3) is 11.8 Å². The lowest BCUT2D eigenvalue weighted by atomic mass is 9.97. The summed E-state index contributed by atoms with van der Waals surface area (Å²) in [4.78, 5) is 33.2. The van der Waals surface area contributed by atoms with E-state index in [2.05, 4.69) is 0 Å². The molecule has 1 atom stereocenters. The number of hydrogen-bond acceptors (Lipinski definition) is 6. The van der Waals surface area contributed by atoms with Gasteiger partial charge in [-0.05, 0) is 36.9 Å². The van der Waals surface area contributed by atoms with E-state index in [1.54, 1.807) is 11.5 Å². The zero-order valence-corrected chi connectivity index (χ0v) is 20.4. The fourth-order valence-corrected chi connectivity index (χ4v) is 5.79. The van der Waals surface area contributed by atoms with Crippen molar-refractivity contribution in [1.82, 2.24) is 4.57 Å². The molecule has 5 nitrogen and oxygen atoms in total. The average Bonchev–Trinajstić information content (AvgIpc) is 3.49. The van der Waals surface area contributed by atoms with E-state index in [4.69, 9.17) is 9.73 Å². The predicted molar refractivity (Wildman–Crippen MR) is 137 cm³/mol. The van der Waals surface area contributed by atoms with Crippen LogP contribution in [0.3, 0.4) is 0 Å². The number of aryl methyl sites for hydroxylation is 1. The molecule has 0 saturated heterocycles. The van der Waals surface area contributed by atoms with Gasteiger partial charge in [0.05, 0.1) is 22.4 Å². The first kappa shape index (κ1) is 22.3. The third kappa shape index (κ3) is 4.08. The van der Waals surface area contributed by atoms with E-state index in [-0.39, 0.29) is 12.2 Å². The number of carbonyl (C=O) groups is 1. The first-order valence-electron chi connectivity index (χ1n) is 11.0. The maximum atomic E-state index is 13.7. The Hall–Kier alpha value is -3.55. The molecule has 0 aliphatic carbocycles. The summed E-state index contributed by atoms with van der Waals surface area (Å²) in [5, 5.41) is 1.95. The van der Waals surface area contributed by atoms with Gasteiger partial charge in [-0.2, -0.15) is 0 Å². The molecule has 2 aromatic carbocycles. The summed E-state index contributed by atoms with van der Waals surface area (Å²) < 4.78 is 7.66. The number of esters is 1. The summed E-state index contributed by atoms with van der Waals surface area (Å²) in [5.74, 6) is -0.462. The number of carbonyl (C=O) groups excluding carboxylic acids is 1. The van der Waals surface area contributed by atoms with Crippen LogP contribution >= 0.6 is 22.7 Å². The molecule has 0 spiro atoms. The molecular formula is C27H22N2O3S2. The molecule has 0 fully saturated rings.